The van der Waals surface area contributed by atoms with E-state index in [1.165, 1.54) is 21.3 Å². The Morgan fingerprint density at radius 1 is 1.03 bits per heavy atom. The molecule has 1 atom stereocenters. The third-order valence-electron chi connectivity index (χ3n) is 5.59. The highest BCUT2D eigenvalue weighted by Gasteiger charge is 2.28. The standard InChI is InChI=1S/C26H36FN3O5S/c1-5-24(26(32)28-6-2)29(19-20-10-12-21(27)13-11-20)25(31)9-8-18-30(36(4,33)34)22-14-16-23(17-15-22)35-7-3/h10-17,24H,5-9,18-19H2,1-4H3,(H,28,32). The number of halogens is 1. The van der Waals surface area contributed by atoms with Crippen molar-refractivity contribution >= 4 is 27.5 Å². The maximum absolute atomic E-state index is 13.4. The molecule has 0 heterocycles. The van der Waals surface area contributed by atoms with Gasteiger partial charge in [0.2, 0.25) is 21.8 Å². The van der Waals surface area contributed by atoms with E-state index in [-0.39, 0.29) is 43.6 Å². The Labute approximate surface area is 213 Å². The SMILES string of the molecule is CCNC(=O)C(CC)N(Cc1ccc(F)cc1)C(=O)CCCN(c1ccc(OCC)cc1)S(C)(=O)=O. The van der Waals surface area contributed by atoms with Gasteiger partial charge in [-0.25, -0.2) is 12.8 Å². The van der Waals surface area contributed by atoms with E-state index in [4.69, 9.17) is 4.74 Å². The van der Waals surface area contributed by atoms with E-state index < -0.39 is 16.1 Å². The number of amides is 2. The number of hydrogen-bond acceptors (Lipinski definition) is 5. The van der Waals surface area contributed by atoms with Crippen molar-refractivity contribution in [3.05, 3.63) is 59.9 Å². The topological polar surface area (TPSA) is 96.0 Å². The highest BCUT2D eigenvalue weighted by molar-refractivity contribution is 7.92. The molecule has 0 radical (unpaired) electrons. The van der Waals surface area contributed by atoms with Crippen LogP contribution in [-0.4, -0.2) is 57.1 Å². The van der Waals surface area contributed by atoms with Crippen LogP contribution in [0.25, 0.3) is 0 Å². The smallest absolute Gasteiger partial charge is 0.242 e. The molecule has 10 heteroatoms. The summed E-state index contributed by atoms with van der Waals surface area (Å²) in [6.07, 6.45) is 1.82. The van der Waals surface area contributed by atoms with Crippen molar-refractivity contribution in [1.82, 2.24) is 10.2 Å². The van der Waals surface area contributed by atoms with Gasteiger partial charge >= 0.3 is 0 Å². The molecule has 2 rings (SSSR count). The van der Waals surface area contributed by atoms with Crippen molar-refractivity contribution in [2.24, 2.45) is 0 Å². The maximum atomic E-state index is 13.4. The molecular weight excluding hydrogens is 485 g/mol. The monoisotopic (exact) mass is 521 g/mol. The summed E-state index contributed by atoms with van der Waals surface area (Å²) in [5.74, 6) is -0.292. The summed E-state index contributed by atoms with van der Waals surface area (Å²) in [7, 11) is -3.59. The third kappa shape index (κ3) is 8.51. The van der Waals surface area contributed by atoms with Crippen LogP contribution in [0.15, 0.2) is 48.5 Å². The fourth-order valence-electron chi connectivity index (χ4n) is 3.88. The molecule has 8 nitrogen and oxygen atoms in total. The lowest BCUT2D eigenvalue weighted by Gasteiger charge is -2.31. The molecule has 2 aromatic rings. The fourth-order valence-corrected chi connectivity index (χ4v) is 4.84. The number of anilines is 1. The molecule has 0 aliphatic carbocycles. The Balaban J connectivity index is 2.17. The maximum Gasteiger partial charge on any atom is 0.242 e. The third-order valence-corrected chi connectivity index (χ3v) is 6.79. The molecular formula is C26H36FN3O5S. The van der Waals surface area contributed by atoms with Gasteiger partial charge < -0.3 is 15.0 Å². The summed E-state index contributed by atoms with van der Waals surface area (Å²) in [6.45, 7) is 6.66. The van der Waals surface area contributed by atoms with E-state index in [9.17, 15) is 22.4 Å². The normalized spacial score (nSPS) is 12.0. The molecule has 0 saturated carbocycles. The van der Waals surface area contributed by atoms with Gasteiger partial charge in [-0.05, 0) is 68.7 Å². The van der Waals surface area contributed by atoms with Gasteiger partial charge in [-0.2, -0.15) is 0 Å². The lowest BCUT2D eigenvalue weighted by molar-refractivity contribution is -0.141. The Kier molecular flexibility index (Phi) is 11.2. The second-order valence-corrected chi connectivity index (χ2v) is 10.2. The van der Waals surface area contributed by atoms with Gasteiger partial charge in [-0.1, -0.05) is 19.1 Å². The van der Waals surface area contributed by atoms with Crippen LogP contribution in [0.4, 0.5) is 10.1 Å². The Morgan fingerprint density at radius 3 is 2.19 bits per heavy atom. The molecule has 1 unspecified atom stereocenters. The van der Waals surface area contributed by atoms with E-state index >= 15 is 0 Å². The minimum absolute atomic E-state index is 0.0418. The van der Waals surface area contributed by atoms with E-state index in [0.29, 0.717) is 36.6 Å². The van der Waals surface area contributed by atoms with Gasteiger partial charge in [-0.3, -0.25) is 13.9 Å². The molecule has 0 bridgehead atoms. The van der Waals surface area contributed by atoms with Crippen molar-refractivity contribution in [1.29, 1.82) is 0 Å². The number of carbonyl (C=O) groups excluding carboxylic acids is 2. The Morgan fingerprint density at radius 2 is 1.67 bits per heavy atom. The van der Waals surface area contributed by atoms with Crippen molar-refractivity contribution in [2.75, 3.05) is 30.3 Å². The number of ether oxygens (including phenoxy) is 1. The lowest BCUT2D eigenvalue weighted by atomic mass is 10.1. The summed E-state index contributed by atoms with van der Waals surface area (Å²) in [6, 6.07) is 11.8. The summed E-state index contributed by atoms with van der Waals surface area (Å²) < 4.78 is 44.9. The first-order chi connectivity index (χ1) is 17.1. The van der Waals surface area contributed by atoms with Crippen molar-refractivity contribution in [2.45, 2.75) is 52.6 Å². The van der Waals surface area contributed by atoms with Crippen LogP contribution >= 0.6 is 0 Å². The predicted octanol–water partition coefficient (Wildman–Crippen LogP) is 3.71. The summed E-state index contributed by atoms with van der Waals surface area (Å²) in [5.41, 5.74) is 1.17. The minimum atomic E-state index is -3.59. The first-order valence-corrected chi connectivity index (χ1v) is 14.0. The van der Waals surface area contributed by atoms with Crippen LogP contribution in [0.2, 0.25) is 0 Å². The van der Waals surface area contributed by atoms with Crippen LogP contribution in [0.3, 0.4) is 0 Å². The second kappa shape index (κ2) is 13.8. The van der Waals surface area contributed by atoms with Crippen LogP contribution in [0, 0.1) is 5.82 Å². The van der Waals surface area contributed by atoms with Crippen LogP contribution in [-0.2, 0) is 26.2 Å². The first kappa shape index (κ1) is 29.1. The summed E-state index contributed by atoms with van der Waals surface area (Å²) >= 11 is 0. The van der Waals surface area contributed by atoms with Gasteiger partial charge in [0.15, 0.2) is 0 Å². The van der Waals surface area contributed by atoms with Crippen LogP contribution in [0.5, 0.6) is 5.75 Å². The molecule has 0 aliphatic heterocycles. The number of sulfonamides is 1. The van der Waals surface area contributed by atoms with Gasteiger partial charge in [0.05, 0.1) is 18.6 Å². The lowest BCUT2D eigenvalue weighted by Crippen LogP contribution is -2.49. The zero-order valence-corrected chi connectivity index (χ0v) is 22.2. The first-order valence-electron chi connectivity index (χ1n) is 12.1. The van der Waals surface area contributed by atoms with Gasteiger partial charge in [0.1, 0.15) is 17.6 Å². The summed E-state index contributed by atoms with van der Waals surface area (Å²) in [5, 5.41) is 2.77. The van der Waals surface area contributed by atoms with E-state index in [1.807, 2.05) is 13.8 Å². The molecule has 0 spiro atoms. The molecule has 198 valence electrons. The number of nitrogens with one attached hydrogen (secondary N) is 1. The molecule has 2 aromatic carbocycles. The number of benzene rings is 2. The number of rotatable bonds is 14. The van der Waals surface area contributed by atoms with Crippen molar-refractivity contribution in [3.63, 3.8) is 0 Å². The molecule has 0 saturated heterocycles. The summed E-state index contributed by atoms with van der Waals surface area (Å²) in [4.78, 5) is 27.5. The molecule has 0 aromatic heterocycles. The zero-order chi connectivity index (χ0) is 26.7. The highest BCUT2D eigenvalue weighted by atomic mass is 32.2. The number of hydrogen-bond donors (Lipinski definition) is 1. The molecule has 0 aliphatic rings. The van der Waals surface area contributed by atoms with Gasteiger partial charge in [0, 0.05) is 26.1 Å². The average molecular weight is 522 g/mol. The highest BCUT2D eigenvalue weighted by Crippen LogP contribution is 2.23. The Hall–Kier alpha value is -3.14. The van der Waals surface area contributed by atoms with E-state index in [2.05, 4.69) is 5.32 Å². The molecule has 1 N–H and O–H groups in total. The van der Waals surface area contributed by atoms with Crippen molar-refractivity contribution < 1.29 is 27.1 Å². The van der Waals surface area contributed by atoms with E-state index in [0.717, 1.165) is 6.26 Å². The molecule has 2 amide bonds. The van der Waals surface area contributed by atoms with Crippen molar-refractivity contribution in [3.8, 4) is 5.75 Å². The molecule has 36 heavy (non-hydrogen) atoms. The minimum Gasteiger partial charge on any atom is -0.494 e. The predicted molar refractivity (Wildman–Crippen MR) is 139 cm³/mol. The quantitative estimate of drug-likeness (QED) is 0.409. The van der Waals surface area contributed by atoms with E-state index in [1.54, 1.807) is 43.3 Å². The second-order valence-electron chi connectivity index (χ2n) is 8.33. The largest absolute Gasteiger partial charge is 0.494 e. The number of likely N-dealkylation sites (N-methyl/N-ethyl adjacent to an activating group) is 1. The van der Waals surface area contributed by atoms with Gasteiger partial charge in [-0.15, -0.1) is 0 Å². The van der Waals surface area contributed by atoms with Crippen LogP contribution < -0.4 is 14.4 Å². The number of carbonyl (C=O) groups is 2. The number of nitrogens with zero attached hydrogens (tertiary/aromatic N) is 2. The average Bonchev–Trinajstić information content (AvgIpc) is 2.83. The zero-order valence-electron chi connectivity index (χ0n) is 21.4. The van der Waals surface area contributed by atoms with Gasteiger partial charge in [0.25, 0.3) is 0 Å². The Bertz CT molecular complexity index is 1090. The molecule has 0 fully saturated rings. The fraction of sp³-hybridized carbons (Fsp3) is 0.462. The van der Waals surface area contributed by atoms with Crippen LogP contribution in [0.1, 0.15) is 45.6 Å².